The molecule has 0 fully saturated rings. The summed E-state index contributed by atoms with van der Waals surface area (Å²) in [7, 11) is -4.22. The van der Waals surface area contributed by atoms with Crippen LogP contribution in [0.25, 0.3) is 16.9 Å². The molecule has 0 radical (unpaired) electrons. The number of benzene rings is 1. The molecule has 3 aromatic rings. The zero-order chi connectivity index (χ0) is 28.4. The van der Waals surface area contributed by atoms with Crippen LogP contribution in [0.4, 0.5) is 5.82 Å². The molecule has 0 aliphatic heterocycles. The van der Waals surface area contributed by atoms with Crippen molar-refractivity contribution < 1.29 is 28.3 Å². The minimum Gasteiger partial charge on any atom is -0.462 e. The number of hydrogen-bond acceptors (Lipinski definition) is 10. The summed E-state index contributed by atoms with van der Waals surface area (Å²) in [4.78, 5) is 24.9. The van der Waals surface area contributed by atoms with Crippen LogP contribution in [0.1, 0.15) is 20.8 Å². The summed E-state index contributed by atoms with van der Waals surface area (Å²) in [5.41, 5.74) is 6.57. The number of carbonyl (C=O) groups is 1. The number of ether oxygens (including phenoxy) is 1. The molecule has 12 nitrogen and oxygen atoms in total. The van der Waals surface area contributed by atoms with E-state index in [1.165, 1.54) is 19.6 Å². The smallest absolute Gasteiger partial charge is 0.459 e. The highest BCUT2D eigenvalue weighted by molar-refractivity contribution is 7.52. The van der Waals surface area contributed by atoms with Crippen molar-refractivity contribution in [2.24, 2.45) is 5.41 Å². The molecule has 4 rings (SSSR count). The molecule has 13 heteroatoms. The third-order valence-corrected chi connectivity index (χ3v) is 7.71. The first kappa shape index (κ1) is 28.0. The van der Waals surface area contributed by atoms with E-state index in [2.05, 4.69) is 32.5 Å². The zero-order valence-electron chi connectivity index (χ0n) is 21.7. The van der Waals surface area contributed by atoms with Crippen LogP contribution in [-0.2, 0) is 18.6 Å². The predicted molar refractivity (Wildman–Crippen MR) is 145 cm³/mol. The molecule has 2 heterocycles. The molecule has 1 aliphatic rings. The number of fused-ring (bicyclic) bond motifs is 1. The molecule has 4 N–H and O–H groups in total. The maximum absolute atomic E-state index is 13.9. The lowest BCUT2D eigenvalue weighted by atomic mass is 9.64. The fourth-order valence-corrected chi connectivity index (χ4v) is 5.65. The van der Waals surface area contributed by atoms with Crippen molar-refractivity contribution in [1.29, 1.82) is 0 Å². The number of nitrogens with zero attached hydrogens (tertiary/aromatic N) is 4. The van der Waals surface area contributed by atoms with Gasteiger partial charge in [0.25, 0.3) is 0 Å². The number of para-hydroxylation sites is 1. The van der Waals surface area contributed by atoms with Gasteiger partial charge in [0.05, 0.1) is 25.0 Å². The van der Waals surface area contributed by atoms with Crippen LogP contribution in [0.2, 0.25) is 0 Å². The van der Waals surface area contributed by atoms with Gasteiger partial charge in [-0.3, -0.25) is 13.9 Å². The van der Waals surface area contributed by atoms with Gasteiger partial charge in [0.15, 0.2) is 17.0 Å². The van der Waals surface area contributed by atoms with E-state index < -0.39 is 31.8 Å². The number of terminal acetylenes is 1. The average Bonchev–Trinajstić information content (AvgIpc) is 3.32. The fraction of sp³-hybridized carbons (Fsp3) is 0.308. The Hall–Kier alpha value is -4.01. The van der Waals surface area contributed by atoms with E-state index in [-0.39, 0.29) is 24.3 Å². The highest BCUT2D eigenvalue weighted by Crippen LogP contribution is 2.56. The lowest BCUT2D eigenvalue weighted by molar-refractivity contribution is -0.149. The second-order valence-corrected chi connectivity index (χ2v) is 10.8. The number of rotatable bonds is 11. The van der Waals surface area contributed by atoms with Crippen molar-refractivity contribution in [1.82, 2.24) is 24.6 Å². The second-order valence-electron chi connectivity index (χ2n) is 9.07. The first-order valence-electron chi connectivity index (χ1n) is 12.0. The Morgan fingerprint density at radius 3 is 2.64 bits per heavy atom. The summed E-state index contributed by atoms with van der Waals surface area (Å²) in [5, 5.41) is 12.9. The van der Waals surface area contributed by atoms with E-state index >= 15 is 0 Å². The van der Waals surface area contributed by atoms with Crippen LogP contribution in [0.3, 0.4) is 0 Å². The Balaban J connectivity index is 1.66. The minimum absolute atomic E-state index is 0.191. The van der Waals surface area contributed by atoms with E-state index in [1.54, 1.807) is 48.7 Å². The van der Waals surface area contributed by atoms with E-state index in [0.29, 0.717) is 28.0 Å². The molecule has 0 amide bonds. The van der Waals surface area contributed by atoms with Gasteiger partial charge in [-0.15, -0.1) is 6.42 Å². The highest BCUT2D eigenvalue weighted by atomic mass is 31.2. The number of nitrogens with two attached hydrogens (primary N) is 1. The maximum atomic E-state index is 13.9. The Morgan fingerprint density at radius 2 is 2.00 bits per heavy atom. The van der Waals surface area contributed by atoms with Gasteiger partial charge in [-0.2, -0.15) is 5.09 Å². The maximum Gasteiger partial charge on any atom is 0.459 e. The predicted octanol–water partition coefficient (Wildman–Crippen LogP) is 2.93. The summed E-state index contributed by atoms with van der Waals surface area (Å²) in [6.07, 6.45) is 8.32. The van der Waals surface area contributed by atoms with Gasteiger partial charge >= 0.3 is 13.7 Å². The molecule has 2 unspecified atom stereocenters. The van der Waals surface area contributed by atoms with Gasteiger partial charge in [-0.1, -0.05) is 30.7 Å². The standard InChI is InChI=1S/C26H29N6O6P/c1-6-26(17(4)22(20(26)12-33)32-15-30-21-23(27)28-14-29-24(21)32)13-36-39(35,38-19-10-8-7-9-11-19)31-18(5)25(34)37-16(2)3/h1,7-11,14-16,18,33H,4,12-13H2,2-3,5H3,(H,31,35)(H2,27,28,29)/t18?,26-,39?/m0/s1. The number of hydrogen-bond donors (Lipinski definition) is 3. The SMILES string of the molecule is C#C[C@]1(COP(=O)(NC(C)C(=O)OC(C)C)Oc2ccccc2)C(=C)C(n2cnc3c(N)ncnc32)=C1CO. The number of esters is 1. The molecular weight excluding hydrogens is 523 g/mol. The van der Waals surface area contributed by atoms with Crippen LogP contribution >= 0.6 is 7.75 Å². The number of aliphatic hydroxyl groups is 1. The lowest BCUT2D eigenvalue weighted by Gasteiger charge is -2.44. The van der Waals surface area contributed by atoms with E-state index in [0.717, 1.165) is 0 Å². The summed E-state index contributed by atoms with van der Waals surface area (Å²) in [6, 6.07) is 7.28. The largest absolute Gasteiger partial charge is 0.462 e. The van der Waals surface area contributed by atoms with Crippen LogP contribution in [-0.4, -0.2) is 56.0 Å². The number of nitrogen functional groups attached to an aromatic ring is 1. The third kappa shape index (κ3) is 5.30. The van der Waals surface area contributed by atoms with Crippen molar-refractivity contribution in [2.75, 3.05) is 18.9 Å². The minimum atomic E-state index is -4.22. The van der Waals surface area contributed by atoms with E-state index in [1.807, 2.05) is 0 Å². The molecule has 3 atom stereocenters. The summed E-state index contributed by atoms with van der Waals surface area (Å²) in [6.45, 7) is 8.15. The van der Waals surface area contributed by atoms with E-state index in [4.69, 9.17) is 25.9 Å². The molecule has 0 saturated carbocycles. The first-order chi connectivity index (χ1) is 18.5. The first-order valence-corrected chi connectivity index (χ1v) is 13.5. The lowest BCUT2D eigenvalue weighted by Crippen LogP contribution is -2.43. The molecule has 204 valence electrons. The Bertz CT molecular complexity index is 1530. The van der Waals surface area contributed by atoms with Gasteiger partial charge in [-0.25, -0.2) is 19.5 Å². The van der Waals surface area contributed by atoms with Crippen LogP contribution in [0.5, 0.6) is 5.75 Å². The molecule has 0 saturated heterocycles. The number of anilines is 1. The number of allylic oxidation sites excluding steroid dienone is 1. The van der Waals surface area contributed by atoms with Crippen molar-refractivity contribution >= 4 is 36.4 Å². The highest BCUT2D eigenvalue weighted by Gasteiger charge is 2.50. The number of carbonyl (C=O) groups excluding carboxylic acids is 1. The molecular formula is C26H29N6O6P. The van der Waals surface area contributed by atoms with Gasteiger partial charge in [0, 0.05) is 5.57 Å². The normalized spacial score (nSPS) is 19.3. The van der Waals surface area contributed by atoms with Crippen LogP contribution < -0.4 is 15.3 Å². The number of aromatic nitrogens is 4. The van der Waals surface area contributed by atoms with Crippen molar-refractivity contribution in [3.05, 3.63) is 60.7 Å². The summed E-state index contributed by atoms with van der Waals surface area (Å²) >= 11 is 0. The molecule has 1 aromatic carbocycles. The Kier molecular flexibility index (Phi) is 7.90. The fourth-order valence-electron chi connectivity index (χ4n) is 4.13. The molecule has 0 spiro atoms. The number of aliphatic hydroxyl groups excluding tert-OH is 1. The molecule has 39 heavy (non-hydrogen) atoms. The number of nitrogens with one attached hydrogen (secondary N) is 1. The third-order valence-electron chi connectivity index (χ3n) is 6.09. The van der Waals surface area contributed by atoms with Crippen LogP contribution in [0, 0.1) is 17.8 Å². The van der Waals surface area contributed by atoms with E-state index in [9.17, 15) is 14.5 Å². The monoisotopic (exact) mass is 552 g/mol. The van der Waals surface area contributed by atoms with Gasteiger partial charge < -0.3 is 20.1 Å². The summed E-state index contributed by atoms with van der Waals surface area (Å²) < 4.78 is 32.3. The van der Waals surface area contributed by atoms with Gasteiger partial charge in [0.2, 0.25) is 0 Å². The zero-order valence-corrected chi connectivity index (χ0v) is 22.6. The Labute approximate surface area is 225 Å². The van der Waals surface area contributed by atoms with Crippen LogP contribution in [0.15, 0.2) is 60.7 Å². The van der Waals surface area contributed by atoms with Crippen molar-refractivity contribution in [3.63, 3.8) is 0 Å². The number of imidazole rings is 1. The average molecular weight is 553 g/mol. The molecule has 0 bridgehead atoms. The summed E-state index contributed by atoms with van der Waals surface area (Å²) in [5.74, 6) is 2.41. The van der Waals surface area contributed by atoms with Crippen molar-refractivity contribution in [2.45, 2.75) is 32.9 Å². The quantitative estimate of drug-likeness (QED) is 0.182. The molecule has 1 aliphatic carbocycles. The van der Waals surface area contributed by atoms with Gasteiger partial charge in [-0.05, 0) is 38.5 Å². The molecule has 2 aromatic heterocycles. The van der Waals surface area contributed by atoms with Gasteiger partial charge in [0.1, 0.15) is 29.9 Å². The Morgan fingerprint density at radius 1 is 1.28 bits per heavy atom. The van der Waals surface area contributed by atoms with Crippen molar-refractivity contribution in [3.8, 4) is 18.1 Å². The second kappa shape index (κ2) is 11.0. The topological polar surface area (TPSA) is 164 Å².